The van der Waals surface area contributed by atoms with E-state index >= 15 is 0 Å². The summed E-state index contributed by atoms with van der Waals surface area (Å²) >= 11 is 0. The van der Waals surface area contributed by atoms with Crippen molar-refractivity contribution in [2.24, 2.45) is 0 Å². The van der Waals surface area contributed by atoms with E-state index in [1.165, 1.54) is 6.42 Å². The van der Waals surface area contributed by atoms with Crippen LogP contribution in [0.5, 0.6) is 0 Å². The summed E-state index contributed by atoms with van der Waals surface area (Å²) < 4.78 is 13.4. The zero-order valence-electron chi connectivity index (χ0n) is 17.7. The summed E-state index contributed by atoms with van der Waals surface area (Å²) in [5, 5.41) is 9.26. The van der Waals surface area contributed by atoms with Gasteiger partial charge >= 0.3 is 6.09 Å². The fraction of sp³-hybridized carbons (Fsp3) is 0.636. The van der Waals surface area contributed by atoms with Crippen molar-refractivity contribution in [3.63, 3.8) is 0 Å². The summed E-state index contributed by atoms with van der Waals surface area (Å²) in [6.45, 7) is 7.92. The molecule has 2 fully saturated rings. The molecule has 1 aromatic carbocycles. The van der Waals surface area contributed by atoms with Crippen LogP contribution in [-0.4, -0.2) is 52.1 Å². The van der Waals surface area contributed by atoms with Crippen LogP contribution in [0, 0.1) is 0 Å². The van der Waals surface area contributed by atoms with Gasteiger partial charge in [-0.15, -0.1) is 0 Å². The summed E-state index contributed by atoms with van der Waals surface area (Å²) in [7, 11) is 0. The van der Waals surface area contributed by atoms with E-state index in [0.717, 1.165) is 55.4 Å². The van der Waals surface area contributed by atoms with E-state index in [0.29, 0.717) is 6.54 Å². The summed E-state index contributed by atoms with van der Waals surface area (Å²) in [6.07, 6.45) is 7.05. The van der Waals surface area contributed by atoms with Crippen molar-refractivity contribution < 1.29 is 14.3 Å². The molecule has 158 valence electrons. The standard InChI is InChI=1S/C22H32N4O3/c1-22(2,3)29-21(27)25-11-6-7-18(15-25)24-17-9-10-19-16(13-17)14-23-26(19)20-8-4-5-12-28-20/h9-10,13-14,18,20,24H,4-8,11-12,15H2,1-3H3/t18-,20?/m1/s1. The second-order valence-corrected chi connectivity index (χ2v) is 9.09. The first-order valence-corrected chi connectivity index (χ1v) is 10.7. The molecule has 2 atom stereocenters. The lowest BCUT2D eigenvalue weighted by Gasteiger charge is -2.34. The second-order valence-electron chi connectivity index (χ2n) is 9.09. The number of fused-ring (bicyclic) bond motifs is 1. The van der Waals surface area contributed by atoms with Crippen LogP contribution in [0.15, 0.2) is 24.4 Å². The minimum atomic E-state index is -0.468. The molecule has 0 saturated carbocycles. The molecular formula is C22H32N4O3. The number of likely N-dealkylation sites (tertiary alicyclic amines) is 1. The van der Waals surface area contributed by atoms with Gasteiger partial charge in [-0.25, -0.2) is 9.48 Å². The number of nitrogens with zero attached hydrogens (tertiary/aromatic N) is 3. The second kappa shape index (κ2) is 8.22. The molecule has 1 aromatic heterocycles. The third-order valence-electron chi connectivity index (χ3n) is 5.47. The number of hydrogen-bond donors (Lipinski definition) is 1. The Morgan fingerprint density at radius 3 is 2.86 bits per heavy atom. The molecule has 0 aliphatic carbocycles. The normalized spacial score (nSPS) is 23.2. The molecule has 2 aliphatic heterocycles. The summed E-state index contributed by atoms with van der Waals surface area (Å²) in [6, 6.07) is 6.55. The lowest BCUT2D eigenvalue weighted by Crippen LogP contribution is -2.46. The molecule has 1 unspecified atom stereocenters. The van der Waals surface area contributed by atoms with Crippen molar-refractivity contribution >= 4 is 22.7 Å². The van der Waals surface area contributed by atoms with Gasteiger partial charge in [0.1, 0.15) is 5.60 Å². The maximum Gasteiger partial charge on any atom is 0.410 e. The number of benzene rings is 1. The molecule has 4 rings (SSSR count). The Balaban J connectivity index is 1.42. The van der Waals surface area contributed by atoms with Crippen molar-refractivity contribution in [3.05, 3.63) is 24.4 Å². The zero-order chi connectivity index (χ0) is 20.4. The Morgan fingerprint density at radius 2 is 2.10 bits per heavy atom. The van der Waals surface area contributed by atoms with Crippen molar-refractivity contribution in [2.75, 3.05) is 25.0 Å². The van der Waals surface area contributed by atoms with Crippen molar-refractivity contribution in [1.29, 1.82) is 0 Å². The third kappa shape index (κ3) is 4.83. The van der Waals surface area contributed by atoms with Gasteiger partial charge in [0.15, 0.2) is 6.23 Å². The Kier molecular flexibility index (Phi) is 5.67. The number of hydrogen-bond acceptors (Lipinski definition) is 5. The fourth-order valence-electron chi connectivity index (χ4n) is 4.11. The fourth-order valence-corrected chi connectivity index (χ4v) is 4.11. The minimum Gasteiger partial charge on any atom is -0.444 e. The molecule has 3 heterocycles. The highest BCUT2D eigenvalue weighted by Gasteiger charge is 2.27. The number of amides is 1. The molecule has 2 aromatic rings. The Morgan fingerprint density at radius 1 is 1.24 bits per heavy atom. The van der Waals surface area contributed by atoms with E-state index in [9.17, 15) is 4.79 Å². The number of piperidine rings is 1. The first-order valence-electron chi connectivity index (χ1n) is 10.7. The topological polar surface area (TPSA) is 68.6 Å². The van der Waals surface area contributed by atoms with E-state index in [-0.39, 0.29) is 18.4 Å². The predicted molar refractivity (Wildman–Crippen MR) is 113 cm³/mol. The molecule has 0 spiro atoms. The van der Waals surface area contributed by atoms with Crippen LogP contribution >= 0.6 is 0 Å². The van der Waals surface area contributed by atoms with Gasteiger partial charge in [-0.3, -0.25) is 0 Å². The van der Waals surface area contributed by atoms with Crippen LogP contribution in [0.3, 0.4) is 0 Å². The number of ether oxygens (including phenoxy) is 2. The number of carbonyl (C=O) groups is 1. The molecular weight excluding hydrogens is 368 g/mol. The van der Waals surface area contributed by atoms with E-state index in [4.69, 9.17) is 9.47 Å². The van der Waals surface area contributed by atoms with Gasteiger partial charge in [-0.1, -0.05) is 0 Å². The molecule has 7 heteroatoms. The van der Waals surface area contributed by atoms with Crippen molar-refractivity contribution in [3.8, 4) is 0 Å². The first-order chi connectivity index (χ1) is 13.9. The van der Waals surface area contributed by atoms with E-state index < -0.39 is 5.60 Å². The minimum absolute atomic E-state index is 0.0424. The summed E-state index contributed by atoms with van der Waals surface area (Å²) in [5.74, 6) is 0. The molecule has 0 bridgehead atoms. The Labute approximate surface area is 172 Å². The highest BCUT2D eigenvalue weighted by atomic mass is 16.6. The lowest BCUT2D eigenvalue weighted by atomic mass is 10.1. The average Bonchev–Trinajstić information content (AvgIpc) is 3.11. The number of anilines is 1. The van der Waals surface area contributed by atoms with Gasteiger partial charge < -0.3 is 19.7 Å². The van der Waals surface area contributed by atoms with E-state index in [2.05, 4.69) is 28.6 Å². The Hall–Kier alpha value is -2.28. The predicted octanol–water partition coefficient (Wildman–Crippen LogP) is 4.55. The largest absolute Gasteiger partial charge is 0.444 e. The van der Waals surface area contributed by atoms with Crippen LogP contribution in [0.1, 0.15) is 59.1 Å². The van der Waals surface area contributed by atoms with Crippen LogP contribution in [0.4, 0.5) is 10.5 Å². The highest BCUT2D eigenvalue weighted by Crippen LogP contribution is 2.28. The number of carbonyl (C=O) groups excluding carboxylic acids is 1. The monoisotopic (exact) mass is 400 g/mol. The van der Waals surface area contributed by atoms with Crippen molar-refractivity contribution in [1.82, 2.24) is 14.7 Å². The molecule has 1 N–H and O–H groups in total. The average molecular weight is 401 g/mol. The maximum atomic E-state index is 12.4. The number of rotatable bonds is 3. The van der Waals surface area contributed by atoms with Crippen LogP contribution in [-0.2, 0) is 9.47 Å². The highest BCUT2D eigenvalue weighted by molar-refractivity contribution is 5.82. The lowest BCUT2D eigenvalue weighted by molar-refractivity contribution is -0.0366. The van der Waals surface area contributed by atoms with Crippen LogP contribution < -0.4 is 5.32 Å². The third-order valence-corrected chi connectivity index (χ3v) is 5.47. The number of aromatic nitrogens is 2. The van der Waals surface area contributed by atoms with Gasteiger partial charge in [-0.05, 0) is 71.1 Å². The summed E-state index contributed by atoms with van der Waals surface area (Å²) in [5.41, 5.74) is 1.68. The molecule has 2 aliphatic rings. The summed E-state index contributed by atoms with van der Waals surface area (Å²) in [4.78, 5) is 14.2. The molecule has 7 nitrogen and oxygen atoms in total. The van der Waals surface area contributed by atoms with E-state index in [1.807, 2.05) is 36.5 Å². The van der Waals surface area contributed by atoms with E-state index in [1.54, 1.807) is 0 Å². The van der Waals surface area contributed by atoms with Gasteiger partial charge in [-0.2, -0.15) is 5.10 Å². The van der Waals surface area contributed by atoms with Crippen LogP contribution in [0.25, 0.3) is 10.9 Å². The molecule has 2 saturated heterocycles. The van der Waals surface area contributed by atoms with Gasteiger partial charge in [0.25, 0.3) is 0 Å². The van der Waals surface area contributed by atoms with Gasteiger partial charge in [0.2, 0.25) is 0 Å². The van der Waals surface area contributed by atoms with Crippen LogP contribution in [0.2, 0.25) is 0 Å². The zero-order valence-corrected chi connectivity index (χ0v) is 17.7. The molecule has 29 heavy (non-hydrogen) atoms. The quantitative estimate of drug-likeness (QED) is 0.819. The van der Waals surface area contributed by atoms with Gasteiger partial charge in [0.05, 0.1) is 11.7 Å². The first kappa shape index (κ1) is 20.0. The van der Waals surface area contributed by atoms with Gasteiger partial charge in [0, 0.05) is 36.8 Å². The molecule has 1 amide bonds. The number of nitrogens with one attached hydrogen (secondary N) is 1. The maximum absolute atomic E-state index is 12.4. The van der Waals surface area contributed by atoms with Crippen molar-refractivity contribution in [2.45, 2.75) is 70.7 Å². The smallest absolute Gasteiger partial charge is 0.410 e. The SMILES string of the molecule is CC(C)(C)OC(=O)N1CCC[C@@H](Nc2ccc3c(cnn3C3CCCCO3)c2)C1. The Bertz CT molecular complexity index is 851. The molecule has 0 radical (unpaired) electrons.